The summed E-state index contributed by atoms with van der Waals surface area (Å²) in [6, 6.07) is 11.5. The highest BCUT2D eigenvalue weighted by Gasteiger charge is 2.18. The predicted molar refractivity (Wildman–Crippen MR) is 147 cm³/mol. The number of carbonyl (C=O) groups excluding carboxylic acids is 1. The third-order valence-electron chi connectivity index (χ3n) is 4.78. The second-order valence-corrected chi connectivity index (χ2v) is 10.3. The number of hydrogen-bond donors (Lipinski definition) is 2. The summed E-state index contributed by atoms with van der Waals surface area (Å²) < 4.78 is 41.9. The van der Waals surface area contributed by atoms with Gasteiger partial charge in [-0.1, -0.05) is 27.7 Å². The van der Waals surface area contributed by atoms with Crippen LogP contribution in [-0.2, 0) is 10.0 Å². The minimum atomic E-state index is -3.72. The number of sulfonamides is 1. The maximum Gasteiger partial charge on any atom is 0.264 e. The maximum atomic E-state index is 12.4. The van der Waals surface area contributed by atoms with Crippen LogP contribution in [0.5, 0.6) is 23.3 Å². The summed E-state index contributed by atoms with van der Waals surface area (Å²) in [5, 5.41) is 3.11. The number of hydrogen-bond acceptors (Lipinski definition) is 9. The van der Waals surface area contributed by atoms with Gasteiger partial charge in [-0.2, -0.15) is 0 Å². The molecule has 0 saturated heterocycles. The van der Waals surface area contributed by atoms with Crippen LogP contribution in [-0.4, -0.2) is 57.4 Å². The van der Waals surface area contributed by atoms with Crippen LogP contribution in [0.4, 0.5) is 0 Å². The van der Waals surface area contributed by atoms with E-state index in [1.807, 2.05) is 18.6 Å². The number of aromatic nitrogens is 2. The molecule has 0 aliphatic rings. The molecule has 0 radical (unpaired) electrons. The van der Waals surface area contributed by atoms with E-state index in [-0.39, 0.29) is 5.56 Å². The molecule has 10 nitrogen and oxygen atoms in total. The second kappa shape index (κ2) is 14.9. The first-order chi connectivity index (χ1) is 18.1. The molecule has 0 aliphatic carbocycles. The van der Waals surface area contributed by atoms with E-state index in [1.54, 1.807) is 36.5 Å². The summed E-state index contributed by atoms with van der Waals surface area (Å²) in [5.41, 5.74) is 1.18. The van der Waals surface area contributed by atoms with Crippen LogP contribution in [0.25, 0.3) is 11.1 Å². The molecule has 1 amide bonds. The number of methoxy groups -OCH3 is 1. The smallest absolute Gasteiger partial charge is 0.264 e. The fraction of sp³-hybridized carbons (Fsp3) is 0.370. The summed E-state index contributed by atoms with van der Waals surface area (Å²) in [5.74, 6) is 1.26. The monoisotopic (exact) mass is 544 g/mol. The minimum Gasteiger partial charge on any atom is -0.481 e. The van der Waals surface area contributed by atoms with Gasteiger partial charge in [-0.25, -0.2) is 23.1 Å². The van der Waals surface area contributed by atoms with Crippen molar-refractivity contribution in [3.05, 3.63) is 60.4 Å². The molecule has 2 aromatic heterocycles. The molecule has 0 spiro atoms. The van der Waals surface area contributed by atoms with Crippen molar-refractivity contribution in [3.8, 4) is 34.4 Å². The van der Waals surface area contributed by atoms with Crippen LogP contribution in [0.1, 0.15) is 38.1 Å². The number of benzene rings is 1. The SMILES string of the molecule is CCNCC.COc1ncccc1-c1cc(C(=O)NS(C)(=O)=O)ccc1Oc1ccc(OCC(C)C)nc1. The van der Waals surface area contributed by atoms with Gasteiger partial charge in [-0.05, 0) is 55.4 Å². The Labute approximate surface area is 224 Å². The third-order valence-corrected chi connectivity index (χ3v) is 5.33. The first-order valence-corrected chi connectivity index (χ1v) is 14.1. The van der Waals surface area contributed by atoms with E-state index in [9.17, 15) is 13.2 Å². The van der Waals surface area contributed by atoms with E-state index in [0.717, 1.165) is 19.3 Å². The minimum absolute atomic E-state index is 0.129. The molecular weight excluding hydrogens is 508 g/mol. The molecule has 0 saturated carbocycles. The van der Waals surface area contributed by atoms with Crippen LogP contribution in [0.3, 0.4) is 0 Å². The summed E-state index contributed by atoms with van der Waals surface area (Å²) >= 11 is 0. The third kappa shape index (κ3) is 9.98. The van der Waals surface area contributed by atoms with Crippen LogP contribution in [0, 0.1) is 5.92 Å². The number of nitrogens with zero attached hydrogens (tertiary/aromatic N) is 2. The summed E-state index contributed by atoms with van der Waals surface area (Å²) in [7, 11) is -2.24. The Bertz CT molecular complexity index is 1280. The average molecular weight is 545 g/mol. The topological polar surface area (TPSA) is 129 Å². The lowest BCUT2D eigenvalue weighted by molar-refractivity contribution is 0.0981. The lowest BCUT2D eigenvalue weighted by atomic mass is 10.0. The number of ether oxygens (including phenoxy) is 3. The molecule has 3 rings (SSSR count). The standard InChI is InChI=1S/C23H25N3O6S.C4H11N/c1-15(2)14-31-21-10-8-17(13-25-21)32-20-9-7-16(22(27)26-33(4,28)29)12-19(20)18-6-5-11-24-23(18)30-3;1-3-5-4-2/h5-13,15H,14H2,1-4H3,(H,26,27);5H,3-4H2,1-2H3. The van der Waals surface area contributed by atoms with Crippen molar-refractivity contribution >= 4 is 15.9 Å². The number of pyridine rings is 2. The Hall–Kier alpha value is -3.70. The first kappa shape index (κ1) is 30.5. The van der Waals surface area contributed by atoms with Crippen molar-refractivity contribution in [1.29, 1.82) is 0 Å². The van der Waals surface area contributed by atoms with E-state index >= 15 is 0 Å². The Balaban J connectivity index is 0.000000926. The molecule has 3 aromatic rings. The highest BCUT2D eigenvalue weighted by molar-refractivity contribution is 7.89. The Kier molecular flexibility index (Phi) is 12.0. The van der Waals surface area contributed by atoms with Crippen LogP contribution >= 0.6 is 0 Å². The summed E-state index contributed by atoms with van der Waals surface area (Å²) in [4.78, 5) is 20.9. The van der Waals surface area contributed by atoms with Gasteiger partial charge in [-0.3, -0.25) is 4.79 Å². The van der Waals surface area contributed by atoms with Gasteiger partial charge in [0, 0.05) is 29.0 Å². The molecule has 11 heteroatoms. The molecule has 0 fully saturated rings. The zero-order chi connectivity index (χ0) is 28.1. The lowest BCUT2D eigenvalue weighted by Crippen LogP contribution is -2.29. The first-order valence-electron chi connectivity index (χ1n) is 12.2. The fourth-order valence-corrected chi connectivity index (χ4v) is 3.55. The average Bonchev–Trinajstić information content (AvgIpc) is 2.88. The Morgan fingerprint density at radius 3 is 2.32 bits per heavy atom. The molecule has 2 heterocycles. The van der Waals surface area contributed by atoms with Crippen LogP contribution in [0.2, 0.25) is 0 Å². The van der Waals surface area contributed by atoms with Gasteiger partial charge in [0.25, 0.3) is 5.91 Å². The largest absolute Gasteiger partial charge is 0.481 e. The van der Waals surface area contributed by atoms with Crippen molar-refractivity contribution in [2.24, 2.45) is 5.92 Å². The van der Waals surface area contributed by atoms with E-state index < -0.39 is 15.9 Å². The van der Waals surface area contributed by atoms with Crippen molar-refractivity contribution in [2.75, 3.05) is 33.1 Å². The number of rotatable bonds is 11. The lowest BCUT2D eigenvalue weighted by Gasteiger charge is -2.15. The molecule has 38 heavy (non-hydrogen) atoms. The normalized spacial score (nSPS) is 10.8. The predicted octanol–water partition coefficient (Wildman–Crippen LogP) is 4.28. The highest BCUT2D eigenvalue weighted by atomic mass is 32.2. The van der Waals surface area contributed by atoms with Gasteiger partial charge in [0.2, 0.25) is 21.8 Å². The zero-order valence-corrected chi connectivity index (χ0v) is 23.5. The number of nitrogens with one attached hydrogen (secondary N) is 2. The molecule has 0 unspecified atom stereocenters. The number of amides is 1. The molecule has 206 valence electrons. The summed E-state index contributed by atoms with van der Waals surface area (Å²) in [6.45, 7) is 11.0. The van der Waals surface area contributed by atoms with Gasteiger partial charge in [0.15, 0.2) is 0 Å². The molecule has 0 aliphatic heterocycles. The van der Waals surface area contributed by atoms with Crippen molar-refractivity contribution in [2.45, 2.75) is 27.7 Å². The van der Waals surface area contributed by atoms with E-state index in [1.165, 1.54) is 25.4 Å². The van der Waals surface area contributed by atoms with Gasteiger partial charge in [0.05, 0.1) is 26.2 Å². The van der Waals surface area contributed by atoms with E-state index in [4.69, 9.17) is 14.2 Å². The van der Waals surface area contributed by atoms with E-state index in [2.05, 4.69) is 29.1 Å². The molecule has 0 bridgehead atoms. The van der Waals surface area contributed by atoms with Crippen molar-refractivity contribution < 1.29 is 27.4 Å². The Morgan fingerprint density at radius 2 is 1.76 bits per heavy atom. The molecular formula is C27H36N4O6S. The molecule has 0 atom stereocenters. The van der Waals surface area contributed by atoms with Crippen molar-refractivity contribution in [3.63, 3.8) is 0 Å². The van der Waals surface area contributed by atoms with E-state index in [0.29, 0.717) is 46.9 Å². The van der Waals surface area contributed by atoms with Gasteiger partial charge >= 0.3 is 0 Å². The maximum absolute atomic E-state index is 12.4. The molecule has 2 N–H and O–H groups in total. The van der Waals surface area contributed by atoms with Gasteiger partial charge in [0.1, 0.15) is 11.5 Å². The molecule has 1 aromatic carbocycles. The van der Waals surface area contributed by atoms with Crippen LogP contribution < -0.4 is 24.2 Å². The van der Waals surface area contributed by atoms with Crippen LogP contribution in [0.15, 0.2) is 54.9 Å². The quantitative estimate of drug-likeness (QED) is 0.363. The van der Waals surface area contributed by atoms with Gasteiger partial charge in [-0.15, -0.1) is 0 Å². The fourth-order valence-electron chi connectivity index (χ4n) is 3.10. The Morgan fingerprint density at radius 1 is 1.03 bits per heavy atom. The zero-order valence-electron chi connectivity index (χ0n) is 22.6. The van der Waals surface area contributed by atoms with Gasteiger partial charge < -0.3 is 19.5 Å². The van der Waals surface area contributed by atoms with Crippen molar-refractivity contribution in [1.82, 2.24) is 20.0 Å². The highest BCUT2D eigenvalue weighted by Crippen LogP contribution is 2.38. The summed E-state index contributed by atoms with van der Waals surface area (Å²) in [6.07, 6.45) is 4.02. The number of carbonyl (C=O) groups is 1. The second-order valence-electron chi connectivity index (χ2n) is 8.57.